The van der Waals surface area contributed by atoms with Crippen molar-refractivity contribution in [1.29, 1.82) is 0 Å². The highest BCUT2D eigenvalue weighted by atomic mass is 35.5. The largest absolute Gasteiger partial charge is 0.0843 e. The van der Waals surface area contributed by atoms with E-state index in [0.29, 0.717) is 0 Å². The second-order valence-electron chi connectivity index (χ2n) is 4.20. The molecule has 2 aromatic rings. The molecule has 2 rings (SSSR count). The average molecular weight is 245 g/mol. The van der Waals surface area contributed by atoms with Crippen molar-refractivity contribution in [2.24, 2.45) is 0 Å². The zero-order chi connectivity index (χ0) is 12.3. The highest BCUT2D eigenvalue weighted by molar-refractivity contribution is 6.30. The van der Waals surface area contributed by atoms with Crippen molar-refractivity contribution in [1.82, 2.24) is 0 Å². The maximum absolute atomic E-state index is 5.91. The molecule has 0 aliphatic heterocycles. The molecule has 0 fully saturated rings. The first-order valence-corrected chi connectivity index (χ1v) is 6.50. The molecule has 0 saturated heterocycles. The summed E-state index contributed by atoms with van der Waals surface area (Å²) < 4.78 is 0. The van der Waals surface area contributed by atoms with Crippen LogP contribution in [0.25, 0.3) is 11.1 Å². The van der Waals surface area contributed by atoms with Gasteiger partial charge in [-0.3, -0.25) is 0 Å². The highest BCUT2D eigenvalue weighted by Crippen LogP contribution is 2.24. The van der Waals surface area contributed by atoms with E-state index in [1.807, 2.05) is 12.1 Å². The third-order valence-electron chi connectivity index (χ3n) is 3.15. The van der Waals surface area contributed by atoms with Crippen LogP contribution in [0.5, 0.6) is 0 Å². The van der Waals surface area contributed by atoms with Crippen LogP contribution in [0.3, 0.4) is 0 Å². The highest BCUT2D eigenvalue weighted by Gasteiger charge is 2.02. The van der Waals surface area contributed by atoms with Gasteiger partial charge in [-0.05, 0) is 47.2 Å². The summed E-state index contributed by atoms with van der Waals surface area (Å²) in [6, 6.07) is 14.8. The van der Waals surface area contributed by atoms with E-state index in [9.17, 15) is 0 Å². The first-order chi connectivity index (χ1) is 8.24. The van der Waals surface area contributed by atoms with Crippen LogP contribution in [0.2, 0.25) is 5.02 Å². The first-order valence-electron chi connectivity index (χ1n) is 6.12. The third-order valence-corrected chi connectivity index (χ3v) is 3.40. The van der Waals surface area contributed by atoms with E-state index in [1.165, 1.54) is 22.3 Å². The molecular weight excluding hydrogens is 228 g/mol. The van der Waals surface area contributed by atoms with Crippen molar-refractivity contribution < 1.29 is 0 Å². The summed E-state index contributed by atoms with van der Waals surface area (Å²) in [5, 5.41) is 0.787. The summed E-state index contributed by atoms with van der Waals surface area (Å²) in [4.78, 5) is 0. The van der Waals surface area contributed by atoms with Crippen LogP contribution in [0.1, 0.15) is 25.0 Å². The topological polar surface area (TPSA) is 0 Å². The molecule has 88 valence electrons. The molecule has 0 atom stereocenters. The molecule has 0 saturated carbocycles. The summed E-state index contributed by atoms with van der Waals surface area (Å²) in [6.07, 6.45) is 2.19. The van der Waals surface area contributed by atoms with Crippen LogP contribution < -0.4 is 0 Å². The second-order valence-corrected chi connectivity index (χ2v) is 4.63. The van der Waals surface area contributed by atoms with Gasteiger partial charge in [0.15, 0.2) is 0 Å². The van der Waals surface area contributed by atoms with Gasteiger partial charge in [0, 0.05) is 5.02 Å². The zero-order valence-corrected chi connectivity index (χ0v) is 11.1. The monoisotopic (exact) mass is 244 g/mol. The Morgan fingerprint density at radius 1 is 0.765 bits per heavy atom. The minimum atomic E-state index is 0.787. The Labute approximate surface area is 108 Å². The van der Waals surface area contributed by atoms with E-state index in [-0.39, 0.29) is 0 Å². The standard InChI is InChI=1S/C16H17Cl/c1-3-12-5-6-15(11-13(12)4-2)14-7-9-16(17)10-8-14/h5-11H,3-4H2,1-2H3. The Morgan fingerprint density at radius 3 is 1.94 bits per heavy atom. The molecule has 0 aliphatic carbocycles. The predicted octanol–water partition coefficient (Wildman–Crippen LogP) is 5.13. The van der Waals surface area contributed by atoms with Gasteiger partial charge in [-0.25, -0.2) is 0 Å². The first kappa shape index (κ1) is 12.2. The number of aryl methyl sites for hydroxylation is 2. The normalized spacial score (nSPS) is 10.5. The fourth-order valence-corrected chi connectivity index (χ4v) is 2.25. The molecule has 0 aromatic heterocycles. The Morgan fingerprint density at radius 2 is 1.35 bits per heavy atom. The molecule has 0 unspecified atom stereocenters. The lowest BCUT2D eigenvalue weighted by molar-refractivity contribution is 1.04. The second kappa shape index (κ2) is 5.37. The molecule has 0 heterocycles. The van der Waals surface area contributed by atoms with Gasteiger partial charge in [0.1, 0.15) is 0 Å². The predicted molar refractivity (Wildman–Crippen MR) is 75.6 cm³/mol. The van der Waals surface area contributed by atoms with E-state index in [0.717, 1.165) is 17.9 Å². The summed E-state index contributed by atoms with van der Waals surface area (Å²) in [6.45, 7) is 4.41. The molecule has 0 aliphatic rings. The molecular formula is C16H17Cl. The molecule has 17 heavy (non-hydrogen) atoms. The lowest BCUT2D eigenvalue weighted by atomic mass is 9.97. The van der Waals surface area contributed by atoms with Crippen molar-refractivity contribution in [2.45, 2.75) is 26.7 Å². The van der Waals surface area contributed by atoms with Gasteiger partial charge >= 0.3 is 0 Å². The average Bonchev–Trinajstić information content (AvgIpc) is 2.39. The Kier molecular flexibility index (Phi) is 3.86. The van der Waals surface area contributed by atoms with Gasteiger partial charge < -0.3 is 0 Å². The van der Waals surface area contributed by atoms with Gasteiger partial charge in [0.25, 0.3) is 0 Å². The van der Waals surface area contributed by atoms with Gasteiger partial charge in [-0.1, -0.05) is 55.8 Å². The van der Waals surface area contributed by atoms with Gasteiger partial charge in [-0.2, -0.15) is 0 Å². The molecule has 0 radical (unpaired) electrons. The fourth-order valence-electron chi connectivity index (χ4n) is 2.12. The van der Waals surface area contributed by atoms with Crippen LogP contribution in [0, 0.1) is 0 Å². The van der Waals surface area contributed by atoms with E-state index >= 15 is 0 Å². The van der Waals surface area contributed by atoms with Crippen molar-refractivity contribution >= 4 is 11.6 Å². The van der Waals surface area contributed by atoms with Crippen LogP contribution in [-0.4, -0.2) is 0 Å². The van der Waals surface area contributed by atoms with Gasteiger partial charge in [0.2, 0.25) is 0 Å². The van der Waals surface area contributed by atoms with Crippen LogP contribution >= 0.6 is 11.6 Å². The quantitative estimate of drug-likeness (QED) is 0.702. The Balaban J connectivity index is 2.42. The number of benzene rings is 2. The van der Waals surface area contributed by atoms with Crippen LogP contribution in [0.15, 0.2) is 42.5 Å². The van der Waals surface area contributed by atoms with Crippen molar-refractivity contribution in [2.75, 3.05) is 0 Å². The lowest BCUT2D eigenvalue weighted by Crippen LogP contribution is -1.91. The minimum Gasteiger partial charge on any atom is -0.0843 e. The van der Waals surface area contributed by atoms with E-state index in [2.05, 4.69) is 44.2 Å². The maximum atomic E-state index is 5.91. The fraction of sp³-hybridized carbons (Fsp3) is 0.250. The summed E-state index contributed by atoms with van der Waals surface area (Å²) in [5.41, 5.74) is 5.40. The summed E-state index contributed by atoms with van der Waals surface area (Å²) in [5.74, 6) is 0. The third kappa shape index (κ3) is 2.70. The van der Waals surface area contributed by atoms with E-state index < -0.39 is 0 Å². The van der Waals surface area contributed by atoms with Gasteiger partial charge in [0.05, 0.1) is 0 Å². The minimum absolute atomic E-state index is 0.787. The molecule has 0 amide bonds. The SMILES string of the molecule is CCc1ccc(-c2ccc(Cl)cc2)cc1CC. The van der Waals surface area contributed by atoms with E-state index in [4.69, 9.17) is 11.6 Å². The molecule has 1 heteroatoms. The lowest BCUT2D eigenvalue weighted by Gasteiger charge is -2.09. The number of hydrogen-bond acceptors (Lipinski definition) is 0. The summed E-state index contributed by atoms with van der Waals surface area (Å²) >= 11 is 5.91. The Hall–Kier alpha value is -1.27. The molecule has 0 spiro atoms. The number of rotatable bonds is 3. The zero-order valence-electron chi connectivity index (χ0n) is 10.3. The van der Waals surface area contributed by atoms with Gasteiger partial charge in [-0.15, -0.1) is 0 Å². The molecule has 2 aromatic carbocycles. The molecule has 0 N–H and O–H groups in total. The van der Waals surface area contributed by atoms with Crippen LogP contribution in [0.4, 0.5) is 0 Å². The van der Waals surface area contributed by atoms with Crippen molar-refractivity contribution in [3.63, 3.8) is 0 Å². The smallest absolute Gasteiger partial charge is 0.0406 e. The Bertz CT molecular complexity index is 497. The van der Waals surface area contributed by atoms with Crippen molar-refractivity contribution in [3.8, 4) is 11.1 Å². The van der Waals surface area contributed by atoms with E-state index in [1.54, 1.807) is 0 Å². The van der Waals surface area contributed by atoms with Crippen LogP contribution in [-0.2, 0) is 12.8 Å². The summed E-state index contributed by atoms with van der Waals surface area (Å²) in [7, 11) is 0. The number of hydrogen-bond donors (Lipinski definition) is 0. The number of halogens is 1. The molecule has 0 nitrogen and oxygen atoms in total. The maximum Gasteiger partial charge on any atom is 0.0406 e. The molecule has 0 bridgehead atoms. The van der Waals surface area contributed by atoms with Crippen molar-refractivity contribution in [3.05, 3.63) is 58.6 Å².